The number of nitrogens with zero attached hydrogens (tertiary/aromatic N) is 1. The molecule has 2 aromatic rings. The molecule has 0 aromatic carbocycles. The predicted octanol–water partition coefficient (Wildman–Crippen LogP) is 1.74. The summed E-state index contributed by atoms with van der Waals surface area (Å²) in [6.07, 6.45) is 4.47. The van der Waals surface area contributed by atoms with Gasteiger partial charge in [0.15, 0.2) is 0 Å². The van der Waals surface area contributed by atoms with E-state index in [1.165, 1.54) is 0 Å². The zero-order valence-corrected chi connectivity index (χ0v) is 10.3. The second-order valence-electron chi connectivity index (χ2n) is 4.56. The Kier molecular flexibility index (Phi) is 2.93. The van der Waals surface area contributed by atoms with Gasteiger partial charge in [0.05, 0.1) is 23.8 Å². The Morgan fingerprint density at radius 3 is 3.22 bits per heavy atom. The molecule has 1 saturated carbocycles. The number of nitrogens with one attached hydrogen (secondary N) is 1. The molecule has 1 fully saturated rings. The SMILES string of the molecule is CCOC1CC(N)C1Nc1nccc2occc12. The van der Waals surface area contributed by atoms with Crippen LogP contribution in [0.15, 0.2) is 29.0 Å². The van der Waals surface area contributed by atoms with Crippen molar-refractivity contribution in [2.45, 2.75) is 31.5 Å². The fourth-order valence-electron chi connectivity index (χ4n) is 2.39. The lowest BCUT2D eigenvalue weighted by molar-refractivity contribution is -0.0126. The third kappa shape index (κ3) is 1.85. The van der Waals surface area contributed by atoms with Crippen molar-refractivity contribution in [3.05, 3.63) is 24.6 Å². The smallest absolute Gasteiger partial charge is 0.139 e. The van der Waals surface area contributed by atoms with Crippen molar-refractivity contribution >= 4 is 16.8 Å². The van der Waals surface area contributed by atoms with Gasteiger partial charge in [0, 0.05) is 18.8 Å². The molecule has 0 aliphatic heterocycles. The molecule has 2 heterocycles. The maximum absolute atomic E-state index is 6.02. The molecule has 3 atom stereocenters. The predicted molar refractivity (Wildman–Crippen MR) is 69.4 cm³/mol. The molecule has 3 unspecified atom stereocenters. The summed E-state index contributed by atoms with van der Waals surface area (Å²) in [6, 6.07) is 4.00. The van der Waals surface area contributed by atoms with Gasteiger partial charge >= 0.3 is 0 Å². The fourth-order valence-corrected chi connectivity index (χ4v) is 2.39. The van der Waals surface area contributed by atoms with E-state index < -0.39 is 0 Å². The summed E-state index contributed by atoms with van der Waals surface area (Å²) in [5.74, 6) is 0.811. The Labute approximate surface area is 105 Å². The highest BCUT2D eigenvalue weighted by Crippen LogP contribution is 2.29. The Morgan fingerprint density at radius 1 is 1.56 bits per heavy atom. The Hall–Kier alpha value is -1.59. The van der Waals surface area contributed by atoms with Crippen LogP contribution in [-0.4, -0.2) is 29.8 Å². The van der Waals surface area contributed by atoms with Crippen LogP contribution in [0.5, 0.6) is 0 Å². The van der Waals surface area contributed by atoms with Crippen molar-refractivity contribution in [1.29, 1.82) is 0 Å². The van der Waals surface area contributed by atoms with Crippen molar-refractivity contribution in [2.75, 3.05) is 11.9 Å². The van der Waals surface area contributed by atoms with E-state index in [4.69, 9.17) is 14.9 Å². The van der Waals surface area contributed by atoms with E-state index in [-0.39, 0.29) is 18.2 Å². The average molecular weight is 247 g/mol. The van der Waals surface area contributed by atoms with E-state index in [0.29, 0.717) is 6.61 Å². The molecule has 1 aliphatic rings. The summed E-state index contributed by atoms with van der Waals surface area (Å²) < 4.78 is 11.0. The monoisotopic (exact) mass is 247 g/mol. The van der Waals surface area contributed by atoms with Crippen LogP contribution in [-0.2, 0) is 4.74 Å². The van der Waals surface area contributed by atoms with E-state index in [1.54, 1.807) is 12.5 Å². The summed E-state index contributed by atoms with van der Waals surface area (Å²) in [5.41, 5.74) is 6.84. The summed E-state index contributed by atoms with van der Waals surface area (Å²) in [6.45, 7) is 2.70. The number of pyridine rings is 1. The number of nitrogens with two attached hydrogens (primary N) is 1. The number of fused-ring (bicyclic) bond motifs is 1. The van der Waals surface area contributed by atoms with E-state index >= 15 is 0 Å². The number of rotatable bonds is 4. The van der Waals surface area contributed by atoms with Crippen molar-refractivity contribution in [3.63, 3.8) is 0 Å². The number of anilines is 1. The van der Waals surface area contributed by atoms with E-state index in [1.807, 2.05) is 19.1 Å². The number of furan rings is 1. The number of aromatic nitrogens is 1. The standard InChI is InChI=1S/C13H17N3O2/c1-2-17-11-7-9(14)12(11)16-13-8-4-6-18-10(8)3-5-15-13/h3-6,9,11-12H,2,7,14H2,1H3,(H,15,16). The van der Waals surface area contributed by atoms with Crippen molar-refractivity contribution in [3.8, 4) is 0 Å². The lowest BCUT2D eigenvalue weighted by Crippen LogP contribution is -2.60. The Morgan fingerprint density at radius 2 is 2.44 bits per heavy atom. The van der Waals surface area contributed by atoms with Crippen molar-refractivity contribution < 1.29 is 9.15 Å². The minimum absolute atomic E-state index is 0.116. The highest BCUT2D eigenvalue weighted by Gasteiger charge is 2.39. The zero-order chi connectivity index (χ0) is 12.5. The van der Waals surface area contributed by atoms with Gasteiger partial charge in [0.2, 0.25) is 0 Å². The lowest BCUT2D eigenvalue weighted by atomic mass is 9.83. The molecule has 5 heteroatoms. The molecule has 5 nitrogen and oxygen atoms in total. The van der Waals surface area contributed by atoms with Gasteiger partial charge in [0.1, 0.15) is 11.4 Å². The lowest BCUT2D eigenvalue weighted by Gasteiger charge is -2.42. The Bertz CT molecular complexity index is 538. The number of ether oxygens (including phenoxy) is 1. The van der Waals surface area contributed by atoms with Gasteiger partial charge in [-0.3, -0.25) is 0 Å². The highest BCUT2D eigenvalue weighted by molar-refractivity contribution is 5.88. The summed E-state index contributed by atoms with van der Waals surface area (Å²) in [5, 5.41) is 4.35. The fraction of sp³-hybridized carbons (Fsp3) is 0.462. The van der Waals surface area contributed by atoms with Crippen LogP contribution >= 0.6 is 0 Å². The normalized spacial score (nSPS) is 27.1. The van der Waals surface area contributed by atoms with Gasteiger partial charge in [-0.1, -0.05) is 0 Å². The van der Waals surface area contributed by atoms with Crippen LogP contribution < -0.4 is 11.1 Å². The molecule has 18 heavy (non-hydrogen) atoms. The maximum Gasteiger partial charge on any atom is 0.139 e. The largest absolute Gasteiger partial charge is 0.464 e. The second-order valence-corrected chi connectivity index (χ2v) is 4.56. The van der Waals surface area contributed by atoms with Gasteiger partial charge in [-0.25, -0.2) is 4.98 Å². The molecular weight excluding hydrogens is 230 g/mol. The van der Waals surface area contributed by atoms with E-state index in [9.17, 15) is 0 Å². The first-order chi connectivity index (χ1) is 8.79. The van der Waals surface area contributed by atoms with Gasteiger partial charge in [-0.15, -0.1) is 0 Å². The molecule has 0 amide bonds. The third-order valence-electron chi connectivity index (χ3n) is 3.43. The van der Waals surface area contributed by atoms with Crippen LogP contribution in [0.1, 0.15) is 13.3 Å². The molecular formula is C13H17N3O2. The number of hydrogen-bond acceptors (Lipinski definition) is 5. The minimum atomic E-state index is 0.116. The van der Waals surface area contributed by atoms with Gasteiger partial charge in [0.25, 0.3) is 0 Å². The Balaban J connectivity index is 1.81. The topological polar surface area (TPSA) is 73.3 Å². The second kappa shape index (κ2) is 4.59. The van der Waals surface area contributed by atoms with Crippen LogP contribution in [0, 0.1) is 0 Å². The quantitative estimate of drug-likeness (QED) is 0.861. The maximum atomic E-state index is 6.02. The first-order valence-electron chi connectivity index (χ1n) is 6.25. The van der Waals surface area contributed by atoms with Gasteiger partial charge in [-0.05, 0) is 25.5 Å². The summed E-state index contributed by atoms with van der Waals surface area (Å²) >= 11 is 0. The van der Waals surface area contributed by atoms with E-state index in [0.717, 1.165) is 23.2 Å². The molecule has 2 aromatic heterocycles. The van der Waals surface area contributed by atoms with Crippen molar-refractivity contribution in [2.24, 2.45) is 5.73 Å². The summed E-state index contributed by atoms with van der Waals surface area (Å²) in [7, 11) is 0. The third-order valence-corrected chi connectivity index (χ3v) is 3.43. The van der Waals surface area contributed by atoms with Gasteiger partial charge in [-0.2, -0.15) is 0 Å². The molecule has 3 N–H and O–H groups in total. The van der Waals surface area contributed by atoms with Crippen LogP contribution in [0.2, 0.25) is 0 Å². The summed E-state index contributed by atoms with van der Waals surface area (Å²) in [4.78, 5) is 4.35. The van der Waals surface area contributed by atoms with Crippen molar-refractivity contribution in [1.82, 2.24) is 4.98 Å². The molecule has 0 radical (unpaired) electrons. The molecule has 96 valence electrons. The molecule has 0 saturated heterocycles. The minimum Gasteiger partial charge on any atom is -0.464 e. The van der Waals surface area contributed by atoms with E-state index in [2.05, 4.69) is 10.3 Å². The van der Waals surface area contributed by atoms with Crippen LogP contribution in [0.25, 0.3) is 11.0 Å². The first kappa shape index (κ1) is 11.5. The molecule has 3 rings (SSSR count). The van der Waals surface area contributed by atoms with Crippen LogP contribution in [0.3, 0.4) is 0 Å². The molecule has 1 aliphatic carbocycles. The average Bonchev–Trinajstić information content (AvgIpc) is 2.84. The number of hydrogen-bond donors (Lipinski definition) is 2. The van der Waals surface area contributed by atoms with Crippen LogP contribution in [0.4, 0.5) is 5.82 Å². The molecule has 0 bridgehead atoms. The first-order valence-corrected chi connectivity index (χ1v) is 6.25. The molecule has 0 spiro atoms. The zero-order valence-electron chi connectivity index (χ0n) is 10.3. The highest BCUT2D eigenvalue weighted by atomic mass is 16.5. The van der Waals surface area contributed by atoms with Gasteiger partial charge < -0.3 is 20.2 Å².